The van der Waals surface area contributed by atoms with Crippen LogP contribution >= 0.6 is 11.9 Å². The molecule has 0 aliphatic carbocycles. The maximum absolute atomic E-state index is 14.5. The fourth-order valence-corrected chi connectivity index (χ4v) is 4.57. The van der Waals surface area contributed by atoms with Gasteiger partial charge in [-0.2, -0.15) is 0 Å². The van der Waals surface area contributed by atoms with Crippen LogP contribution < -0.4 is 10.0 Å². The fourth-order valence-electron chi connectivity index (χ4n) is 3.54. The number of para-hydroxylation sites is 1. The molecule has 0 bridgehead atoms. The SMILES string of the molecule is CCC(C1=Nc2cccc(F)c2SN1c1ccccc1)n1cnc2c(N)ncnc21. The van der Waals surface area contributed by atoms with E-state index in [0.29, 0.717) is 27.6 Å². The van der Waals surface area contributed by atoms with E-state index in [1.54, 1.807) is 12.4 Å². The molecule has 0 saturated carbocycles. The number of halogens is 1. The Hall–Kier alpha value is -3.46. The van der Waals surface area contributed by atoms with E-state index in [4.69, 9.17) is 10.7 Å². The molecule has 3 heterocycles. The van der Waals surface area contributed by atoms with Crippen LogP contribution in [0.1, 0.15) is 19.4 Å². The van der Waals surface area contributed by atoms with Crippen LogP contribution in [0.25, 0.3) is 11.2 Å². The minimum Gasteiger partial charge on any atom is -0.382 e. The van der Waals surface area contributed by atoms with E-state index in [2.05, 4.69) is 21.9 Å². The second-order valence-electron chi connectivity index (χ2n) is 6.79. The minimum atomic E-state index is -0.289. The summed E-state index contributed by atoms with van der Waals surface area (Å²) in [7, 11) is 0. The maximum Gasteiger partial charge on any atom is 0.166 e. The van der Waals surface area contributed by atoms with Gasteiger partial charge >= 0.3 is 0 Å². The Morgan fingerprint density at radius 1 is 1.07 bits per heavy atom. The number of nitrogen functional groups attached to an aromatic ring is 1. The number of aromatic nitrogens is 4. The first kappa shape index (κ1) is 18.6. The highest BCUT2D eigenvalue weighted by atomic mass is 32.2. The van der Waals surface area contributed by atoms with E-state index >= 15 is 0 Å². The van der Waals surface area contributed by atoms with Crippen LogP contribution in [0.5, 0.6) is 0 Å². The number of hydrogen-bond acceptors (Lipinski definition) is 7. The average Bonchev–Trinajstić information content (AvgIpc) is 3.20. The zero-order valence-electron chi connectivity index (χ0n) is 16.1. The zero-order chi connectivity index (χ0) is 20.7. The van der Waals surface area contributed by atoms with Gasteiger partial charge in [0.15, 0.2) is 11.5 Å². The molecule has 0 spiro atoms. The lowest BCUT2D eigenvalue weighted by Crippen LogP contribution is -2.34. The topological polar surface area (TPSA) is 85.2 Å². The molecule has 0 amide bonds. The summed E-state index contributed by atoms with van der Waals surface area (Å²) < 4.78 is 18.5. The molecule has 0 fully saturated rings. The summed E-state index contributed by atoms with van der Waals surface area (Å²) in [5.74, 6) is 0.812. The lowest BCUT2D eigenvalue weighted by Gasteiger charge is -2.33. The summed E-state index contributed by atoms with van der Waals surface area (Å²) in [5, 5.41) is 0. The van der Waals surface area contributed by atoms with Crippen LogP contribution in [0, 0.1) is 5.82 Å². The number of fused-ring (bicyclic) bond motifs is 2. The molecule has 2 N–H and O–H groups in total. The van der Waals surface area contributed by atoms with Crippen molar-refractivity contribution < 1.29 is 4.39 Å². The van der Waals surface area contributed by atoms with Crippen molar-refractivity contribution in [1.29, 1.82) is 0 Å². The van der Waals surface area contributed by atoms with Gasteiger partial charge in [0, 0.05) is 0 Å². The van der Waals surface area contributed by atoms with E-state index in [0.717, 1.165) is 17.9 Å². The Balaban J connectivity index is 1.70. The van der Waals surface area contributed by atoms with Gasteiger partial charge in [0.1, 0.15) is 23.5 Å². The number of anilines is 2. The first-order valence-electron chi connectivity index (χ1n) is 9.50. The molecule has 30 heavy (non-hydrogen) atoms. The first-order valence-corrected chi connectivity index (χ1v) is 10.3. The second-order valence-corrected chi connectivity index (χ2v) is 7.74. The molecule has 0 saturated heterocycles. The summed E-state index contributed by atoms with van der Waals surface area (Å²) in [6.45, 7) is 2.07. The van der Waals surface area contributed by atoms with E-state index in [1.807, 2.05) is 45.3 Å². The lowest BCUT2D eigenvalue weighted by molar-refractivity contribution is 0.600. The second kappa shape index (κ2) is 7.42. The molecule has 5 rings (SSSR count). The number of hydrogen-bond donors (Lipinski definition) is 1. The molecule has 2 aromatic heterocycles. The van der Waals surface area contributed by atoms with Gasteiger partial charge in [0.25, 0.3) is 0 Å². The molecule has 7 nitrogen and oxygen atoms in total. The molecule has 1 aliphatic heterocycles. The molecule has 1 unspecified atom stereocenters. The molecule has 0 radical (unpaired) electrons. The highest BCUT2D eigenvalue weighted by molar-refractivity contribution is 8.01. The number of amidine groups is 1. The summed E-state index contributed by atoms with van der Waals surface area (Å²) in [5.41, 5.74) is 8.69. The van der Waals surface area contributed by atoms with E-state index in [1.165, 1.54) is 24.3 Å². The molecular weight excluding hydrogens is 401 g/mol. The zero-order valence-corrected chi connectivity index (χ0v) is 16.9. The molecule has 150 valence electrons. The summed E-state index contributed by atoms with van der Waals surface area (Å²) in [6.07, 6.45) is 3.86. The van der Waals surface area contributed by atoms with Gasteiger partial charge in [-0.3, -0.25) is 4.31 Å². The predicted molar refractivity (Wildman–Crippen MR) is 117 cm³/mol. The van der Waals surface area contributed by atoms with Crippen molar-refractivity contribution in [2.45, 2.75) is 24.3 Å². The highest BCUT2D eigenvalue weighted by Gasteiger charge is 2.31. The molecule has 1 atom stereocenters. The number of nitrogens with two attached hydrogens (primary N) is 1. The van der Waals surface area contributed by atoms with E-state index in [9.17, 15) is 4.39 Å². The third-order valence-corrected chi connectivity index (χ3v) is 6.14. The van der Waals surface area contributed by atoms with Gasteiger partial charge in [-0.25, -0.2) is 24.3 Å². The summed E-state index contributed by atoms with van der Waals surface area (Å²) in [6, 6.07) is 14.6. The Morgan fingerprint density at radius 3 is 2.70 bits per heavy atom. The number of nitrogens with zero attached hydrogens (tertiary/aromatic N) is 6. The summed E-state index contributed by atoms with van der Waals surface area (Å²) in [4.78, 5) is 18.2. The normalized spacial score (nSPS) is 14.5. The van der Waals surface area contributed by atoms with E-state index < -0.39 is 0 Å². The fraction of sp³-hybridized carbons (Fsp3) is 0.143. The van der Waals surface area contributed by atoms with Crippen molar-refractivity contribution in [3.63, 3.8) is 0 Å². The van der Waals surface area contributed by atoms with Gasteiger partial charge < -0.3 is 10.3 Å². The van der Waals surface area contributed by atoms with Crippen LogP contribution in [0.15, 0.2) is 71.1 Å². The number of benzene rings is 2. The van der Waals surface area contributed by atoms with E-state index in [-0.39, 0.29) is 11.9 Å². The lowest BCUT2D eigenvalue weighted by atomic mass is 10.1. The van der Waals surface area contributed by atoms with Crippen molar-refractivity contribution in [3.8, 4) is 0 Å². The highest BCUT2D eigenvalue weighted by Crippen LogP contribution is 2.43. The van der Waals surface area contributed by atoms with Crippen molar-refractivity contribution in [1.82, 2.24) is 19.5 Å². The van der Waals surface area contributed by atoms with Crippen LogP contribution in [0.3, 0.4) is 0 Å². The van der Waals surface area contributed by atoms with Crippen molar-refractivity contribution in [2.75, 3.05) is 10.0 Å². The molecule has 2 aromatic carbocycles. The number of imidazole rings is 1. The average molecular weight is 419 g/mol. The van der Waals surface area contributed by atoms with Crippen LogP contribution in [0.4, 0.5) is 21.6 Å². The van der Waals surface area contributed by atoms with Gasteiger partial charge in [-0.1, -0.05) is 31.2 Å². The molecule has 4 aromatic rings. The number of aliphatic imine (C=N–C) groups is 1. The maximum atomic E-state index is 14.5. The van der Waals surface area contributed by atoms with Gasteiger partial charge in [-0.15, -0.1) is 0 Å². The van der Waals surface area contributed by atoms with Crippen molar-refractivity contribution in [2.24, 2.45) is 4.99 Å². The quantitative estimate of drug-likeness (QED) is 0.480. The summed E-state index contributed by atoms with van der Waals surface area (Å²) >= 11 is 1.33. The first-order chi connectivity index (χ1) is 14.7. The Bertz CT molecular complexity index is 1250. The van der Waals surface area contributed by atoms with Crippen LogP contribution in [-0.4, -0.2) is 25.4 Å². The van der Waals surface area contributed by atoms with Crippen LogP contribution in [0.2, 0.25) is 0 Å². The predicted octanol–water partition coefficient (Wildman–Crippen LogP) is 4.76. The smallest absolute Gasteiger partial charge is 0.166 e. The largest absolute Gasteiger partial charge is 0.382 e. The van der Waals surface area contributed by atoms with Gasteiger partial charge in [-0.05, 0) is 42.6 Å². The Kier molecular flexibility index (Phi) is 4.59. The Labute approximate surface area is 176 Å². The van der Waals surface area contributed by atoms with Crippen LogP contribution in [-0.2, 0) is 0 Å². The molecule has 9 heteroatoms. The van der Waals surface area contributed by atoms with Gasteiger partial charge in [0.2, 0.25) is 0 Å². The monoisotopic (exact) mass is 419 g/mol. The minimum absolute atomic E-state index is 0.187. The third kappa shape index (κ3) is 2.98. The van der Waals surface area contributed by atoms with Crippen molar-refractivity contribution >= 4 is 46.1 Å². The standard InChI is InChI=1S/C21H18FN7S/c1-2-16(28-12-26-17-19(23)24-11-25-21(17)28)20-27-15-10-6-9-14(22)18(15)30-29(20)13-7-4-3-5-8-13/h3-12,16H,2H2,1H3,(H2,23,24,25). The van der Waals surface area contributed by atoms with Crippen molar-refractivity contribution in [3.05, 3.63) is 67.0 Å². The third-order valence-electron chi connectivity index (χ3n) is 4.97. The Morgan fingerprint density at radius 2 is 1.90 bits per heavy atom. The number of rotatable bonds is 4. The van der Waals surface area contributed by atoms with Gasteiger partial charge in [0.05, 0.1) is 28.6 Å². The molecule has 1 aliphatic rings. The molecular formula is C21H18FN7S.